The molecule has 138 valence electrons. The average molecular weight is 358 g/mol. The maximum atomic E-state index is 13.3. The molecule has 1 atom stereocenters. The fourth-order valence-electron chi connectivity index (χ4n) is 2.60. The van der Waals surface area contributed by atoms with Gasteiger partial charge in [0, 0.05) is 12.1 Å². The second-order valence-electron chi connectivity index (χ2n) is 6.55. The topological polar surface area (TPSA) is 62.1 Å². The molecule has 0 radical (unpaired) electrons. The predicted octanol–water partition coefficient (Wildman–Crippen LogP) is 3.18. The van der Waals surface area contributed by atoms with Crippen LogP contribution >= 0.6 is 0 Å². The molecule has 0 aromatic heterocycles. The lowest BCUT2D eigenvalue weighted by atomic mass is 9.99. The Morgan fingerprint density at radius 3 is 2.36 bits per heavy atom. The van der Waals surface area contributed by atoms with Crippen molar-refractivity contribution in [3.8, 4) is 5.75 Å². The molecule has 5 nitrogen and oxygen atoms in total. The molecular weight excluding hydrogens is 337 g/mol. The lowest BCUT2D eigenvalue weighted by Crippen LogP contribution is -2.57. The first-order valence-corrected chi connectivity index (χ1v) is 7.84. The fraction of sp³-hybridized carbons (Fsp3) is 0.529. The largest absolute Gasteiger partial charge is 0.484 e. The minimum Gasteiger partial charge on any atom is -0.484 e. The van der Waals surface area contributed by atoms with E-state index in [9.17, 15) is 23.1 Å². The molecule has 0 saturated heterocycles. The number of hydrazone groups is 1. The van der Waals surface area contributed by atoms with Gasteiger partial charge in [-0.2, -0.15) is 23.3 Å². The second-order valence-corrected chi connectivity index (χ2v) is 6.55. The lowest BCUT2D eigenvalue weighted by molar-refractivity contribution is -0.302. The van der Waals surface area contributed by atoms with E-state index in [0.717, 1.165) is 11.1 Å². The summed E-state index contributed by atoms with van der Waals surface area (Å²) in [6, 6.07) is 5.24. The highest BCUT2D eigenvalue weighted by atomic mass is 19.4. The molecule has 1 aliphatic rings. The van der Waals surface area contributed by atoms with Crippen LogP contribution in [0.1, 0.15) is 31.4 Å². The standard InChI is InChI=1S/C17H21F3N2O3/c1-10(2)14-8-16(24,17(18,19)20)22(21-14)15(23)9-25-13-6-11(3)5-12(4)7-13/h5-7,10,24H,8-9H2,1-4H3/t16-/m1/s1. The van der Waals surface area contributed by atoms with Crippen LogP contribution in [0.2, 0.25) is 0 Å². The van der Waals surface area contributed by atoms with Gasteiger partial charge in [0.15, 0.2) is 6.61 Å². The molecule has 0 fully saturated rings. The van der Waals surface area contributed by atoms with Crippen molar-refractivity contribution in [2.24, 2.45) is 11.0 Å². The molecule has 1 aromatic carbocycles. The number of ether oxygens (including phenoxy) is 1. The average Bonchev–Trinajstić information content (AvgIpc) is 2.83. The van der Waals surface area contributed by atoms with E-state index in [-0.39, 0.29) is 16.6 Å². The summed E-state index contributed by atoms with van der Waals surface area (Å²) in [6.45, 7) is 6.31. The number of benzene rings is 1. The quantitative estimate of drug-likeness (QED) is 0.899. The van der Waals surface area contributed by atoms with E-state index < -0.39 is 30.8 Å². The summed E-state index contributed by atoms with van der Waals surface area (Å²) in [5.41, 5.74) is -1.43. The minimum absolute atomic E-state index is 0.102. The van der Waals surface area contributed by atoms with E-state index in [0.29, 0.717) is 5.75 Å². The summed E-state index contributed by atoms with van der Waals surface area (Å²) in [5, 5.41) is 13.9. The second kappa shape index (κ2) is 6.67. The number of aryl methyl sites for hydroxylation is 2. The monoisotopic (exact) mass is 358 g/mol. The highest BCUT2D eigenvalue weighted by Crippen LogP contribution is 2.41. The number of nitrogens with zero attached hydrogens (tertiary/aromatic N) is 2. The zero-order chi connectivity index (χ0) is 19.0. The summed E-state index contributed by atoms with van der Waals surface area (Å²) in [6.07, 6.45) is -5.79. The highest BCUT2D eigenvalue weighted by molar-refractivity contribution is 5.92. The Hall–Kier alpha value is -2.09. The Labute approximate surface area is 144 Å². The van der Waals surface area contributed by atoms with Crippen LogP contribution in [-0.2, 0) is 4.79 Å². The third-order valence-corrected chi connectivity index (χ3v) is 3.92. The van der Waals surface area contributed by atoms with Gasteiger partial charge in [-0.15, -0.1) is 0 Å². The van der Waals surface area contributed by atoms with Crippen LogP contribution in [0.25, 0.3) is 0 Å². The predicted molar refractivity (Wildman–Crippen MR) is 86.2 cm³/mol. The smallest absolute Gasteiger partial charge is 0.438 e. The van der Waals surface area contributed by atoms with Crippen molar-refractivity contribution in [3.63, 3.8) is 0 Å². The van der Waals surface area contributed by atoms with Crippen molar-refractivity contribution in [2.75, 3.05) is 6.61 Å². The normalized spacial score (nSPS) is 20.8. The van der Waals surface area contributed by atoms with Gasteiger partial charge < -0.3 is 9.84 Å². The van der Waals surface area contributed by atoms with Crippen molar-refractivity contribution in [2.45, 2.75) is 46.0 Å². The Bertz CT molecular complexity index is 681. The number of hydrogen-bond donors (Lipinski definition) is 1. The summed E-state index contributed by atoms with van der Waals surface area (Å²) in [5.74, 6) is -1.02. The van der Waals surface area contributed by atoms with Crippen molar-refractivity contribution in [1.82, 2.24) is 5.01 Å². The van der Waals surface area contributed by atoms with E-state index in [4.69, 9.17) is 4.74 Å². The summed E-state index contributed by atoms with van der Waals surface area (Å²) in [7, 11) is 0. The first-order valence-electron chi connectivity index (χ1n) is 7.84. The van der Waals surface area contributed by atoms with Crippen molar-refractivity contribution >= 4 is 11.6 Å². The first kappa shape index (κ1) is 19.2. The van der Waals surface area contributed by atoms with Gasteiger partial charge in [-0.3, -0.25) is 4.79 Å². The molecule has 1 aromatic rings. The molecule has 25 heavy (non-hydrogen) atoms. The Morgan fingerprint density at radius 2 is 1.88 bits per heavy atom. The van der Waals surface area contributed by atoms with E-state index in [1.807, 2.05) is 19.9 Å². The van der Waals surface area contributed by atoms with Crippen LogP contribution in [0.5, 0.6) is 5.75 Å². The van der Waals surface area contributed by atoms with Crippen LogP contribution < -0.4 is 4.74 Å². The number of rotatable bonds is 4. The molecule has 0 bridgehead atoms. The van der Waals surface area contributed by atoms with Gasteiger partial charge in [-0.05, 0) is 43.0 Å². The summed E-state index contributed by atoms with van der Waals surface area (Å²) < 4.78 is 45.2. The number of halogens is 3. The molecule has 8 heteroatoms. The Morgan fingerprint density at radius 1 is 1.32 bits per heavy atom. The van der Waals surface area contributed by atoms with Gasteiger partial charge in [-0.25, -0.2) is 0 Å². The van der Waals surface area contributed by atoms with E-state index in [1.54, 1.807) is 26.0 Å². The lowest BCUT2D eigenvalue weighted by Gasteiger charge is -2.32. The molecular formula is C17H21F3N2O3. The van der Waals surface area contributed by atoms with Gasteiger partial charge in [0.25, 0.3) is 11.6 Å². The zero-order valence-electron chi connectivity index (χ0n) is 14.5. The Balaban J connectivity index is 2.19. The maximum absolute atomic E-state index is 13.3. The van der Waals surface area contributed by atoms with Crippen molar-refractivity contribution in [3.05, 3.63) is 29.3 Å². The van der Waals surface area contributed by atoms with E-state index in [2.05, 4.69) is 5.10 Å². The molecule has 0 unspecified atom stereocenters. The van der Waals surface area contributed by atoms with Crippen LogP contribution in [0.15, 0.2) is 23.3 Å². The maximum Gasteiger partial charge on any atom is 0.438 e. The first-order chi connectivity index (χ1) is 11.4. The molecule has 0 spiro atoms. The van der Waals surface area contributed by atoms with Crippen LogP contribution in [0, 0.1) is 19.8 Å². The zero-order valence-corrected chi connectivity index (χ0v) is 14.5. The molecule has 1 amide bonds. The number of carbonyl (C=O) groups excluding carboxylic acids is 1. The van der Waals surface area contributed by atoms with Gasteiger partial charge in [0.2, 0.25) is 0 Å². The number of amides is 1. The van der Waals surface area contributed by atoms with Gasteiger partial charge in [0.1, 0.15) is 5.75 Å². The number of hydrogen-bond acceptors (Lipinski definition) is 4. The van der Waals surface area contributed by atoms with Crippen molar-refractivity contribution < 1.29 is 27.8 Å². The summed E-state index contributed by atoms with van der Waals surface area (Å²) in [4.78, 5) is 12.3. The highest BCUT2D eigenvalue weighted by Gasteiger charge is 2.63. The van der Waals surface area contributed by atoms with Crippen molar-refractivity contribution in [1.29, 1.82) is 0 Å². The van der Waals surface area contributed by atoms with Gasteiger partial charge in [0.05, 0.1) is 0 Å². The number of carbonyl (C=O) groups is 1. The number of aliphatic hydroxyl groups is 1. The third-order valence-electron chi connectivity index (χ3n) is 3.92. The van der Waals surface area contributed by atoms with Crippen LogP contribution in [0.4, 0.5) is 13.2 Å². The molecule has 0 saturated carbocycles. The molecule has 1 aliphatic heterocycles. The number of alkyl halides is 3. The Kier molecular flexibility index (Phi) is 5.13. The minimum atomic E-state index is -5.03. The SMILES string of the molecule is Cc1cc(C)cc(OCC(=O)N2N=C(C(C)C)C[C@@]2(O)C(F)(F)F)c1. The molecule has 1 heterocycles. The fourth-order valence-corrected chi connectivity index (χ4v) is 2.60. The van der Waals surface area contributed by atoms with Crippen LogP contribution in [-0.4, -0.2) is 40.2 Å². The van der Waals surface area contributed by atoms with Crippen LogP contribution in [0.3, 0.4) is 0 Å². The summed E-state index contributed by atoms with van der Waals surface area (Å²) >= 11 is 0. The van der Waals surface area contributed by atoms with E-state index >= 15 is 0 Å². The van der Waals surface area contributed by atoms with Gasteiger partial charge >= 0.3 is 6.18 Å². The third kappa shape index (κ3) is 3.95. The molecule has 0 aliphatic carbocycles. The van der Waals surface area contributed by atoms with Gasteiger partial charge in [-0.1, -0.05) is 19.9 Å². The van der Waals surface area contributed by atoms with E-state index in [1.165, 1.54) is 0 Å². The molecule has 2 rings (SSSR count). The molecule has 1 N–H and O–H groups in total.